The van der Waals surface area contributed by atoms with E-state index < -0.39 is 32.0 Å². The van der Waals surface area contributed by atoms with Gasteiger partial charge in [0, 0.05) is 26.1 Å². The molecule has 2 unspecified atom stereocenters. The summed E-state index contributed by atoms with van der Waals surface area (Å²) in [5.74, 6) is 0.0948. The van der Waals surface area contributed by atoms with Crippen molar-refractivity contribution >= 4 is 10.8 Å². The minimum atomic E-state index is -2.96. The zero-order valence-corrected chi connectivity index (χ0v) is 10.5. The number of aliphatic hydroxyl groups is 1. The van der Waals surface area contributed by atoms with Gasteiger partial charge in [0.15, 0.2) is 0 Å². The van der Waals surface area contributed by atoms with Crippen LogP contribution in [0.2, 0.25) is 0 Å². The van der Waals surface area contributed by atoms with Gasteiger partial charge in [0.1, 0.15) is 18.4 Å². The van der Waals surface area contributed by atoms with Crippen LogP contribution in [0.1, 0.15) is 24.7 Å². The zero-order valence-electron chi connectivity index (χ0n) is 18.5. The van der Waals surface area contributed by atoms with E-state index in [1.54, 1.807) is 36.4 Å². The molecule has 3 nitrogen and oxygen atoms in total. The van der Waals surface area contributed by atoms with Crippen LogP contribution >= 0.6 is 0 Å². The molecule has 0 bridgehead atoms. The van der Waals surface area contributed by atoms with Gasteiger partial charge in [0.05, 0.1) is 2.74 Å². The second kappa shape index (κ2) is 6.55. The molecule has 0 saturated heterocycles. The summed E-state index contributed by atoms with van der Waals surface area (Å²) in [6, 6.07) is 9.44. The molecular formula is C16H21NO2. The lowest BCUT2D eigenvalue weighted by Crippen LogP contribution is -2.35. The van der Waals surface area contributed by atoms with Crippen molar-refractivity contribution in [2.75, 3.05) is 13.1 Å². The molecule has 102 valence electrons. The number of ether oxygens (including phenoxy) is 1. The van der Waals surface area contributed by atoms with Gasteiger partial charge < -0.3 is 15.2 Å². The molecule has 0 aliphatic heterocycles. The third-order valence-corrected chi connectivity index (χ3v) is 2.43. The highest BCUT2D eigenvalue weighted by Gasteiger charge is 2.07. The predicted octanol–water partition coefficient (Wildman–Crippen LogP) is 2.58. The van der Waals surface area contributed by atoms with E-state index in [4.69, 9.17) is 15.7 Å². The SMILES string of the molecule is [2H]C([2H])(NC([2H])(C)C([2H])([2H])[2H])C(O)C([2H])([2H])Oc1cccc2ccccc12. The normalized spacial score (nSPS) is 24.3. The molecule has 0 radical (unpaired) electrons. The minimum Gasteiger partial charge on any atom is -0.490 e. The molecule has 2 N–H and O–H groups in total. The number of benzene rings is 2. The standard InChI is InChI=1S/C16H21NO2/c1-12(2)17-10-14(18)11-19-16-9-5-7-13-6-3-4-8-15(13)16/h3-9,12,14,17-18H,10-11H2,1-2H3/i1D3,10D2,11D2,12D. The van der Waals surface area contributed by atoms with Crippen LogP contribution in [0.3, 0.4) is 0 Å². The van der Waals surface area contributed by atoms with Gasteiger partial charge in [0.2, 0.25) is 0 Å². The van der Waals surface area contributed by atoms with Gasteiger partial charge >= 0.3 is 0 Å². The van der Waals surface area contributed by atoms with Gasteiger partial charge in [-0.1, -0.05) is 50.2 Å². The molecule has 2 atom stereocenters. The fourth-order valence-electron chi connectivity index (χ4n) is 1.61. The van der Waals surface area contributed by atoms with Crippen LogP contribution in [-0.4, -0.2) is 30.3 Å². The third-order valence-electron chi connectivity index (χ3n) is 2.43. The van der Waals surface area contributed by atoms with E-state index in [0.29, 0.717) is 5.39 Å². The first-order valence-corrected chi connectivity index (χ1v) is 5.82. The Morgan fingerprint density at radius 1 is 1.37 bits per heavy atom. The Labute approximate surface area is 125 Å². The first-order chi connectivity index (χ1) is 12.2. The minimum absolute atomic E-state index is 0.0948. The highest BCUT2D eigenvalue weighted by atomic mass is 16.5. The van der Waals surface area contributed by atoms with E-state index in [-0.39, 0.29) is 5.75 Å². The Kier molecular flexibility index (Phi) is 2.32. The summed E-state index contributed by atoms with van der Waals surface area (Å²) in [6.45, 7) is -7.85. The van der Waals surface area contributed by atoms with Crippen LogP contribution in [0, 0.1) is 0 Å². The molecule has 2 rings (SSSR count). The summed E-state index contributed by atoms with van der Waals surface area (Å²) in [5, 5.41) is 13.5. The summed E-state index contributed by atoms with van der Waals surface area (Å²) in [7, 11) is 0. The molecule has 0 aliphatic carbocycles. The quantitative estimate of drug-likeness (QED) is 0.845. The first kappa shape index (κ1) is 6.73. The molecule has 0 fully saturated rings. The van der Waals surface area contributed by atoms with Crippen molar-refractivity contribution < 1.29 is 20.8 Å². The maximum Gasteiger partial charge on any atom is 0.127 e. The van der Waals surface area contributed by atoms with Crippen LogP contribution in [0.15, 0.2) is 42.5 Å². The maximum atomic E-state index is 10.3. The molecule has 2 aromatic rings. The van der Waals surface area contributed by atoms with Gasteiger partial charge in [-0.15, -0.1) is 0 Å². The third kappa shape index (κ3) is 3.94. The molecule has 0 spiro atoms. The average molecular weight is 267 g/mol. The molecular weight excluding hydrogens is 238 g/mol. The largest absolute Gasteiger partial charge is 0.490 e. The van der Waals surface area contributed by atoms with E-state index in [1.165, 1.54) is 6.07 Å². The first-order valence-electron chi connectivity index (χ1n) is 9.82. The lowest BCUT2D eigenvalue weighted by Gasteiger charge is -2.15. The number of rotatable bonds is 6. The van der Waals surface area contributed by atoms with Crippen LogP contribution in [-0.2, 0) is 0 Å². The fourth-order valence-corrected chi connectivity index (χ4v) is 1.61. The molecule has 0 amide bonds. The summed E-state index contributed by atoms with van der Waals surface area (Å²) < 4.78 is 66.6. The average Bonchev–Trinajstić information content (AvgIpc) is 2.52. The number of fused-ring (bicyclic) bond motifs is 1. The Bertz CT molecular complexity index is 801. The maximum absolute atomic E-state index is 10.3. The zero-order chi connectivity index (χ0) is 20.7. The van der Waals surface area contributed by atoms with Crippen molar-refractivity contribution in [1.82, 2.24) is 5.32 Å². The lowest BCUT2D eigenvalue weighted by molar-refractivity contribution is 0.105. The van der Waals surface area contributed by atoms with Crippen molar-refractivity contribution in [2.24, 2.45) is 0 Å². The van der Waals surface area contributed by atoms with Crippen molar-refractivity contribution in [3.8, 4) is 5.75 Å². The Morgan fingerprint density at radius 3 is 3.00 bits per heavy atom. The summed E-state index contributed by atoms with van der Waals surface area (Å²) in [4.78, 5) is 0. The van der Waals surface area contributed by atoms with Gasteiger partial charge in [-0.25, -0.2) is 0 Å². The van der Waals surface area contributed by atoms with Gasteiger partial charge in [-0.3, -0.25) is 0 Å². The van der Waals surface area contributed by atoms with Crippen LogP contribution < -0.4 is 10.1 Å². The molecule has 3 heteroatoms. The van der Waals surface area contributed by atoms with Gasteiger partial charge in [-0.2, -0.15) is 0 Å². The molecule has 19 heavy (non-hydrogen) atoms. The van der Waals surface area contributed by atoms with Gasteiger partial charge in [0.25, 0.3) is 0 Å². The van der Waals surface area contributed by atoms with Crippen LogP contribution in [0.4, 0.5) is 0 Å². The number of hydrogen-bond acceptors (Lipinski definition) is 3. The molecule has 0 aromatic heterocycles. The van der Waals surface area contributed by atoms with E-state index in [1.807, 2.05) is 5.32 Å². The summed E-state index contributed by atoms with van der Waals surface area (Å²) in [5.41, 5.74) is 0. The molecule has 2 aromatic carbocycles. The van der Waals surface area contributed by atoms with Gasteiger partial charge in [-0.05, 0) is 11.5 Å². The van der Waals surface area contributed by atoms with Crippen molar-refractivity contribution in [3.63, 3.8) is 0 Å². The molecule has 0 saturated carbocycles. The van der Waals surface area contributed by atoms with Crippen molar-refractivity contribution in [3.05, 3.63) is 42.5 Å². The highest BCUT2D eigenvalue weighted by Crippen LogP contribution is 2.25. The van der Waals surface area contributed by atoms with Crippen molar-refractivity contribution in [2.45, 2.75) is 25.9 Å². The number of hydrogen-bond donors (Lipinski definition) is 2. The summed E-state index contributed by atoms with van der Waals surface area (Å²) in [6.07, 6.45) is -2.42. The smallest absolute Gasteiger partial charge is 0.127 e. The second-order valence-corrected chi connectivity index (χ2v) is 3.99. The van der Waals surface area contributed by atoms with Crippen LogP contribution in [0.5, 0.6) is 5.75 Å². The fraction of sp³-hybridized carbons (Fsp3) is 0.375. The van der Waals surface area contributed by atoms with E-state index in [9.17, 15) is 5.11 Å². The Balaban J connectivity index is 2.29. The molecule has 0 heterocycles. The van der Waals surface area contributed by atoms with Crippen molar-refractivity contribution in [1.29, 1.82) is 0 Å². The Hall–Kier alpha value is -1.58. The number of aliphatic hydroxyl groups excluding tert-OH is 1. The monoisotopic (exact) mass is 267 g/mol. The topological polar surface area (TPSA) is 41.5 Å². The van der Waals surface area contributed by atoms with E-state index in [0.717, 1.165) is 12.3 Å². The predicted molar refractivity (Wildman–Crippen MR) is 78.6 cm³/mol. The van der Waals surface area contributed by atoms with E-state index in [2.05, 4.69) is 0 Å². The van der Waals surface area contributed by atoms with E-state index >= 15 is 0 Å². The Morgan fingerprint density at radius 2 is 2.16 bits per heavy atom. The highest BCUT2D eigenvalue weighted by molar-refractivity contribution is 5.88. The lowest BCUT2D eigenvalue weighted by atomic mass is 10.1. The molecule has 0 aliphatic rings. The second-order valence-electron chi connectivity index (χ2n) is 3.99. The van der Waals surface area contributed by atoms with Crippen LogP contribution in [0.25, 0.3) is 10.8 Å². The summed E-state index contributed by atoms with van der Waals surface area (Å²) >= 11 is 0. The number of nitrogens with one attached hydrogen (secondary N) is 1.